The Morgan fingerprint density at radius 3 is 2.37 bits per heavy atom. The van der Waals surface area contributed by atoms with Gasteiger partial charge in [-0.15, -0.1) is 13.2 Å². The van der Waals surface area contributed by atoms with Gasteiger partial charge in [0.05, 0.1) is 30.1 Å². The number of ether oxygens (including phenoxy) is 1. The molecule has 2 unspecified atom stereocenters. The Hall–Kier alpha value is -3.46. The third-order valence-corrected chi connectivity index (χ3v) is 9.78. The molecule has 5 rings (SSSR count). The molecule has 3 aliphatic rings. The van der Waals surface area contributed by atoms with E-state index in [-0.39, 0.29) is 30.9 Å². The molecule has 228 valence electrons. The SMILES string of the molecule is C=CCN(C)C(=O)[C@@H]1[C@H]2C(=O)N([C@@H](CO)Cc3ccccc3)C(C(=O)N(CC=C)c3ccc(Cl)cc3)C23CC[C@@]1(CC)O3. The average Bonchev–Trinajstić information content (AvgIpc) is 3.62. The first-order valence-electron chi connectivity index (χ1n) is 14.9. The molecule has 2 aromatic rings. The van der Waals surface area contributed by atoms with Gasteiger partial charge >= 0.3 is 0 Å². The van der Waals surface area contributed by atoms with Crippen LogP contribution in [0.4, 0.5) is 5.69 Å². The van der Waals surface area contributed by atoms with E-state index in [4.69, 9.17) is 16.3 Å². The zero-order chi connectivity index (χ0) is 30.9. The summed E-state index contributed by atoms with van der Waals surface area (Å²) in [7, 11) is 1.70. The Kier molecular flexibility index (Phi) is 8.84. The number of fused-ring (bicyclic) bond motifs is 1. The predicted octanol–water partition coefficient (Wildman–Crippen LogP) is 4.26. The highest BCUT2D eigenvalue weighted by molar-refractivity contribution is 6.30. The van der Waals surface area contributed by atoms with Gasteiger partial charge < -0.3 is 24.5 Å². The minimum absolute atomic E-state index is 0.186. The number of likely N-dealkylation sites (N-methyl/N-ethyl adjacent to an activating group) is 1. The third-order valence-electron chi connectivity index (χ3n) is 9.53. The molecule has 9 heteroatoms. The van der Waals surface area contributed by atoms with E-state index >= 15 is 0 Å². The second-order valence-electron chi connectivity index (χ2n) is 11.8. The zero-order valence-corrected chi connectivity index (χ0v) is 25.6. The van der Waals surface area contributed by atoms with E-state index in [0.717, 1.165) is 5.56 Å². The molecule has 1 N–H and O–H groups in total. The van der Waals surface area contributed by atoms with Crippen molar-refractivity contribution in [2.45, 2.75) is 55.9 Å². The summed E-state index contributed by atoms with van der Waals surface area (Å²) in [6.07, 6.45) is 5.15. The van der Waals surface area contributed by atoms with Crippen LogP contribution in [0.3, 0.4) is 0 Å². The Morgan fingerprint density at radius 1 is 1.09 bits per heavy atom. The number of aliphatic hydroxyl groups is 1. The molecule has 0 aromatic heterocycles. The number of hydrogen-bond acceptors (Lipinski definition) is 5. The summed E-state index contributed by atoms with van der Waals surface area (Å²) in [5.41, 5.74) is -0.574. The summed E-state index contributed by atoms with van der Waals surface area (Å²) < 4.78 is 6.93. The second kappa shape index (κ2) is 12.3. The van der Waals surface area contributed by atoms with Crippen molar-refractivity contribution in [1.82, 2.24) is 9.80 Å². The molecular formula is C34H40ClN3O5. The first-order chi connectivity index (χ1) is 20.7. The van der Waals surface area contributed by atoms with Crippen molar-refractivity contribution in [3.63, 3.8) is 0 Å². The van der Waals surface area contributed by atoms with Crippen molar-refractivity contribution in [3.8, 4) is 0 Å². The first-order valence-corrected chi connectivity index (χ1v) is 15.3. The van der Waals surface area contributed by atoms with Crippen molar-refractivity contribution in [2.24, 2.45) is 11.8 Å². The molecule has 3 saturated heterocycles. The van der Waals surface area contributed by atoms with Crippen molar-refractivity contribution < 1.29 is 24.2 Å². The molecule has 8 nitrogen and oxygen atoms in total. The molecular weight excluding hydrogens is 566 g/mol. The van der Waals surface area contributed by atoms with Crippen molar-refractivity contribution in [1.29, 1.82) is 0 Å². The quantitative estimate of drug-likeness (QED) is 0.365. The van der Waals surface area contributed by atoms with Crippen LogP contribution in [-0.2, 0) is 25.5 Å². The highest BCUT2D eigenvalue weighted by Crippen LogP contribution is 2.65. The number of likely N-dealkylation sites (tertiary alicyclic amines) is 1. The molecule has 43 heavy (non-hydrogen) atoms. The van der Waals surface area contributed by atoms with Crippen LogP contribution in [-0.4, -0.2) is 82.7 Å². The van der Waals surface area contributed by atoms with Gasteiger partial charge in [-0.25, -0.2) is 0 Å². The first kappa shape index (κ1) is 31.0. The fraction of sp³-hybridized carbons (Fsp3) is 0.441. The maximum absolute atomic E-state index is 14.9. The van der Waals surface area contributed by atoms with Gasteiger partial charge in [-0.1, -0.05) is 61.0 Å². The minimum Gasteiger partial charge on any atom is -0.394 e. The Balaban J connectivity index is 1.65. The van der Waals surface area contributed by atoms with E-state index in [9.17, 15) is 19.5 Å². The number of nitrogens with zero attached hydrogens (tertiary/aromatic N) is 3. The molecule has 0 saturated carbocycles. The number of hydrogen-bond donors (Lipinski definition) is 1. The molecule has 1 spiro atoms. The molecule has 2 bridgehead atoms. The lowest BCUT2D eigenvalue weighted by molar-refractivity contribution is -0.153. The summed E-state index contributed by atoms with van der Waals surface area (Å²) >= 11 is 6.16. The summed E-state index contributed by atoms with van der Waals surface area (Å²) in [6.45, 7) is 9.77. The van der Waals surface area contributed by atoms with Gasteiger partial charge in [-0.05, 0) is 55.5 Å². The number of benzene rings is 2. The fourth-order valence-corrected chi connectivity index (χ4v) is 7.71. The minimum atomic E-state index is -1.23. The molecule has 2 aromatic carbocycles. The van der Waals surface area contributed by atoms with Gasteiger partial charge in [0.2, 0.25) is 11.8 Å². The summed E-state index contributed by atoms with van der Waals surface area (Å²) in [5.74, 6) is -2.50. The van der Waals surface area contributed by atoms with E-state index in [1.165, 1.54) is 4.90 Å². The van der Waals surface area contributed by atoms with Gasteiger partial charge in [-0.3, -0.25) is 14.4 Å². The number of carbonyl (C=O) groups is 3. The van der Waals surface area contributed by atoms with Crippen LogP contribution in [0, 0.1) is 11.8 Å². The lowest BCUT2D eigenvalue weighted by atomic mass is 9.64. The Bertz CT molecular complexity index is 1380. The number of aliphatic hydroxyl groups excluding tert-OH is 1. The number of halogens is 1. The van der Waals surface area contributed by atoms with Gasteiger partial charge in [0, 0.05) is 30.8 Å². The molecule has 6 atom stereocenters. The van der Waals surface area contributed by atoms with Crippen molar-refractivity contribution >= 4 is 35.0 Å². The zero-order valence-electron chi connectivity index (χ0n) is 24.8. The molecule has 3 amide bonds. The average molecular weight is 606 g/mol. The summed E-state index contributed by atoms with van der Waals surface area (Å²) in [4.78, 5) is 48.3. The lowest BCUT2D eigenvalue weighted by Crippen LogP contribution is -2.59. The molecule has 3 fully saturated rings. The van der Waals surface area contributed by atoms with Crippen LogP contribution in [0.25, 0.3) is 0 Å². The monoisotopic (exact) mass is 605 g/mol. The molecule has 0 aliphatic carbocycles. The predicted molar refractivity (Wildman–Crippen MR) is 167 cm³/mol. The van der Waals surface area contributed by atoms with Crippen LogP contribution in [0.5, 0.6) is 0 Å². The smallest absolute Gasteiger partial charge is 0.253 e. The van der Waals surface area contributed by atoms with E-state index in [2.05, 4.69) is 13.2 Å². The highest BCUT2D eigenvalue weighted by atomic mass is 35.5. The van der Waals surface area contributed by atoms with E-state index in [0.29, 0.717) is 42.9 Å². The lowest BCUT2D eigenvalue weighted by Gasteiger charge is -2.39. The Labute approximate surface area is 258 Å². The number of anilines is 1. The van der Waals surface area contributed by atoms with Gasteiger partial charge in [0.15, 0.2) is 0 Å². The van der Waals surface area contributed by atoms with Gasteiger partial charge in [-0.2, -0.15) is 0 Å². The highest BCUT2D eigenvalue weighted by Gasteiger charge is 2.79. The normalized spacial score (nSPS) is 28.0. The second-order valence-corrected chi connectivity index (χ2v) is 12.3. The molecule has 3 heterocycles. The van der Waals surface area contributed by atoms with E-state index in [1.807, 2.05) is 37.3 Å². The standard InChI is InChI=1S/C34H40ClN3O5/c1-5-19-36(4)30(40)27-28-31(41)38(26(22-39)21-23-11-9-8-10-12-23)29(34(28)18-17-33(27,7-3)43-34)32(42)37(20-6-2)25-15-13-24(35)14-16-25/h5-6,8-16,26-29,39H,1-2,7,17-22H2,3-4H3/t26-,27+,28+,29?,33-,34?/m1/s1. The van der Waals surface area contributed by atoms with Crippen molar-refractivity contribution in [3.05, 3.63) is 90.5 Å². The fourth-order valence-electron chi connectivity index (χ4n) is 7.58. The summed E-state index contributed by atoms with van der Waals surface area (Å²) in [5, 5.41) is 11.3. The maximum Gasteiger partial charge on any atom is 0.253 e. The van der Waals surface area contributed by atoms with E-state index < -0.39 is 35.1 Å². The van der Waals surface area contributed by atoms with Crippen LogP contribution >= 0.6 is 11.6 Å². The molecule has 3 aliphatic heterocycles. The van der Waals surface area contributed by atoms with Gasteiger partial charge in [0.1, 0.15) is 11.6 Å². The Morgan fingerprint density at radius 2 is 1.77 bits per heavy atom. The van der Waals surface area contributed by atoms with Crippen molar-refractivity contribution in [2.75, 3.05) is 31.6 Å². The maximum atomic E-state index is 14.9. The van der Waals surface area contributed by atoms with Crippen LogP contribution < -0.4 is 4.90 Å². The largest absolute Gasteiger partial charge is 0.394 e. The number of rotatable bonds is 12. The number of carbonyl (C=O) groups excluding carboxylic acids is 3. The third kappa shape index (κ3) is 5.09. The van der Waals surface area contributed by atoms with Crippen LogP contribution in [0.2, 0.25) is 5.02 Å². The molecule has 0 radical (unpaired) electrons. The van der Waals surface area contributed by atoms with Gasteiger partial charge in [0.25, 0.3) is 5.91 Å². The summed E-state index contributed by atoms with van der Waals surface area (Å²) in [6, 6.07) is 14.7. The van der Waals surface area contributed by atoms with Crippen LogP contribution in [0.15, 0.2) is 79.9 Å². The topological polar surface area (TPSA) is 90.4 Å². The van der Waals surface area contributed by atoms with E-state index in [1.54, 1.807) is 53.3 Å². The number of amides is 3. The van der Waals surface area contributed by atoms with Crippen LogP contribution in [0.1, 0.15) is 31.7 Å².